The lowest BCUT2D eigenvalue weighted by Crippen LogP contribution is -2.38. The van der Waals surface area contributed by atoms with Crippen LogP contribution in [0.4, 0.5) is 26.3 Å². The number of carbonyl (C=O) groups is 1. The molecule has 130 valence electrons. The third-order valence-corrected chi connectivity index (χ3v) is 3.80. The van der Waals surface area contributed by atoms with Crippen LogP contribution in [0.15, 0.2) is 41.1 Å². The average molecular weight is 367 g/mol. The van der Waals surface area contributed by atoms with E-state index in [1.807, 2.05) is 0 Å². The molecule has 0 bridgehead atoms. The number of amides is 1. The Morgan fingerprint density at radius 1 is 1.00 bits per heavy atom. The van der Waals surface area contributed by atoms with Gasteiger partial charge in [0, 0.05) is 12.1 Å². The zero-order valence-electron chi connectivity index (χ0n) is 12.0. The highest BCUT2D eigenvalue weighted by molar-refractivity contribution is 7.07. The lowest BCUT2D eigenvalue weighted by atomic mass is 10.1. The molecule has 2 nitrogen and oxygen atoms in total. The number of alkyl halides is 6. The maximum Gasteiger partial charge on any atom is 0.416 e. The van der Waals surface area contributed by atoms with Crippen LogP contribution in [0, 0.1) is 0 Å². The number of rotatable bonds is 4. The van der Waals surface area contributed by atoms with Crippen molar-refractivity contribution in [3.8, 4) is 0 Å². The number of halogens is 6. The van der Waals surface area contributed by atoms with E-state index < -0.39 is 30.4 Å². The molecule has 0 spiro atoms. The SMILES string of the molecule is O=C(c1ccc(C(F)(F)F)cc1)N(Cc1ccsc1)CC(F)(F)F. The fraction of sp³-hybridized carbons (Fsp3) is 0.267. The smallest absolute Gasteiger partial charge is 0.325 e. The van der Waals surface area contributed by atoms with Crippen LogP contribution in [-0.2, 0) is 12.7 Å². The molecule has 1 amide bonds. The highest BCUT2D eigenvalue weighted by Gasteiger charge is 2.34. The van der Waals surface area contributed by atoms with Gasteiger partial charge < -0.3 is 4.90 Å². The summed E-state index contributed by atoms with van der Waals surface area (Å²) >= 11 is 1.27. The number of thiophene rings is 1. The predicted octanol–water partition coefficient (Wildman–Crippen LogP) is 4.97. The van der Waals surface area contributed by atoms with Gasteiger partial charge in [0.15, 0.2) is 0 Å². The number of nitrogens with zero attached hydrogens (tertiary/aromatic N) is 1. The number of hydrogen-bond acceptors (Lipinski definition) is 2. The van der Waals surface area contributed by atoms with Gasteiger partial charge in [0.1, 0.15) is 6.54 Å². The maximum atomic E-state index is 12.7. The molecule has 0 radical (unpaired) electrons. The van der Waals surface area contributed by atoms with Crippen molar-refractivity contribution in [1.82, 2.24) is 4.90 Å². The van der Waals surface area contributed by atoms with Crippen molar-refractivity contribution in [2.24, 2.45) is 0 Å². The monoisotopic (exact) mass is 367 g/mol. The van der Waals surface area contributed by atoms with Gasteiger partial charge in [-0.2, -0.15) is 37.7 Å². The topological polar surface area (TPSA) is 20.3 Å². The van der Waals surface area contributed by atoms with Crippen molar-refractivity contribution in [3.05, 3.63) is 57.8 Å². The summed E-state index contributed by atoms with van der Waals surface area (Å²) in [5, 5.41) is 3.26. The molecule has 0 fully saturated rings. The van der Waals surface area contributed by atoms with Crippen LogP contribution in [0.25, 0.3) is 0 Å². The summed E-state index contributed by atoms with van der Waals surface area (Å²) in [6.07, 6.45) is -9.19. The van der Waals surface area contributed by atoms with E-state index in [0.29, 0.717) is 22.6 Å². The summed E-state index contributed by atoms with van der Waals surface area (Å²) in [6.45, 7) is -1.76. The molecule has 1 heterocycles. The Kier molecular flexibility index (Phi) is 5.22. The fourth-order valence-corrected chi connectivity index (χ4v) is 2.66. The molecule has 0 saturated carbocycles. The molecule has 24 heavy (non-hydrogen) atoms. The van der Waals surface area contributed by atoms with Gasteiger partial charge in [-0.25, -0.2) is 0 Å². The van der Waals surface area contributed by atoms with Gasteiger partial charge in [-0.15, -0.1) is 0 Å². The third kappa shape index (κ3) is 4.98. The molecule has 0 atom stereocenters. The fourth-order valence-electron chi connectivity index (χ4n) is 2.00. The second-order valence-electron chi connectivity index (χ2n) is 4.98. The molecule has 0 aliphatic rings. The Morgan fingerprint density at radius 2 is 1.62 bits per heavy atom. The van der Waals surface area contributed by atoms with Crippen molar-refractivity contribution in [1.29, 1.82) is 0 Å². The van der Waals surface area contributed by atoms with E-state index in [1.54, 1.807) is 16.8 Å². The van der Waals surface area contributed by atoms with Gasteiger partial charge >= 0.3 is 12.4 Å². The summed E-state index contributed by atoms with van der Waals surface area (Å²) in [4.78, 5) is 12.8. The van der Waals surface area contributed by atoms with Crippen LogP contribution in [0.5, 0.6) is 0 Å². The molecule has 0 unspecified atom stereocenters. The third-order valence-electron chi connectivity index (χ3n) is 3.07. The van der Waals surface area contributed by atoms with Gasteiger partial charge in [-0.05, 0) is 46.7 Å². The largest absolute Gasteiger partial charge is 0.416 e. The minimum absolute atomic E-state index is 0.234. The Balaban J connectivity index is 2.23. The van der Waals surface area contributed by atoms with E-state index in [4.69, 9.17) is 0 Å². The van der Waals surface area contributed by atoms with Crippen molar-refractivity contribution in [3.63, 3.8) is 0 Å². The van der Waals surface area contributed by atoms with E-state index in [0.717, 1.165) is 12.1 Å². The first-order chi connectivity index (χ1) is 11.1. The lowest BCUT2D eigenvalue weighted by molar-refractivity contribution is -0.141. The normalized spacial score (nSPS) is 12.2. The van der Waals surface area contributed by atoms with Crippen LogP contribution in [0.1, 0.15) is 21.5 Å². The van der Waals surface area contributed by atoms with Crippen LogP contribution < -0.4 is 0 Å². The van der Waals surface area contributed by atoms with Crippen LogP contribution in [0.2, 0.25) is 0 Å². The summed E-state index contributed by atoms with van der Waals surface area (Å²) in [7, 11) is 0. The molecule has 1 aromatic heterocycles. The molecule has 1 aromatic carbocycles. The van der Waals surface area contributed by atoms with E-state index in [2.05, 4.69) is 0 Å². The minimum Gasteiger partial charge on any atom is -0.325 e. The van der Waals surface area contributed by atoms with Gasteiger partial charge in [0.2, 0.25) is 0 Å². The number of hydrogen-bond donors (Lipinski definition) is 0. The summed E-state index contributed by atoms with van der Waals surface area (Å²) in [5.41, 5.74) is -0.689. The van der Waals surface area contributed by atoms with Gasteiger partial charge in [-0.3, -0.25) is 4.79 Å². The van der Waals surface area contributed by atoms with Gasteiger partial charge in [0.25, 0.3) is 5.91 Å². The molecular formula is C15H11F6NOS. The molecular weight excluding hydrogens is 356 g/mol. The first-order valence-corrected chi connectivity index (χ1v) is 7.55. The van der Waals surface area contributed by atoms with Crippen molar-refractivity contribution in [2.75, 3.05) is 6.54 Å². The Hall–Kier alpha value is -2.03. The van der Waals surface area contributed by atoms with Crippen molar-refractivity contribution in [2.45, 2.75) is 18.9 Å². The van der Waals surface area contributed by atoms with Crippen LogP contribution in [-0.4, -0.2) is 23.5 Å². The molecule has 2 rings (SSSR count). The molecule has 0 aliphatic heterocycles. The molecule has 0 N–H and O–H groups in total. The van der Waals surface area contributed by atoms with E-state index in [9.17, 15) is 31.1 Å². The quantitative estimate of drug-likeness (QED) is 0.699. The molecule has 0 saturated heterocycles. The average Bonchev–Trinajstić information content (AvgIpc) is 2.96. The summed E-state index contributed by atoms with van der Waals surface area (Å²) < 4.78 is 75.6. The lowest BCUT2D eigenvalue weighted by Gasteiger charge is -2.24. The first-order valence-electron chi connectivity index (χ1n) is 6.60. The molecule has 9 heteroatoms. The summed E-state index contributed by atoms with van der Waals surface area (Å²) in [5.74, 6) is -0.979. The second-order valence-corrected chi connectivity index (χ2v) is 5.76. The Labute approximate surface area is 137 Å². The maximum absolute atomic E-state index is 12.7. The van der Waals surface area contributed by atoms with Crippen molar-refractivity contribution >= 4 is 17.2 Å². The van der Waals surface area contributed by atoms with Gasteiger partial charge in [-0.1, -0.05) is 0 Å². The van der Waals surface area contributed by atoms with E-state index in [-0.39, 0.29) is 12.1 Å². The van der Waals surface area contributed by atoms with Gasteiger partial charge in [0.05, 0.1) is 5.56 Å². The number of benzene rings is 1. The van der Waals surface area contributed by atoms with Crippen molar-refractivity contribution < 1.29 is 31.1 Å². The first kappa shape index (κ1) is 18.3. The zero-order valence-corrected chi connectivity index (χ0v) is 12.8. The Bertz CT molecular complexity index is 675. The predicted molar refractivity (Wildman–Crippen MR) is 76.6 cm³/mol. The molecule has 2 aromatic rings. The van der Waals surface area contributed by atoms with Crippen LogP contribution in [0.3, 0.4) is 0 Å². The van der Waals surface area contributed by atoms with E-state index >= 15 is 0 Å². The second kappa shape index (κ2) is 6.84. The zero-order chi connectivity index (χ0) is 18.0. The molecule has 0 aliphatic carbocycles. The Morgan fingerprint density at radius 3 is 2.08 bits per heavy atom. The standard InChI is InChI=1S/C15H11F6NOS/c16-14(17,18)9-22(7-10-5-6-24-8-10)13(23)11-1-3-12(4-2-11)15(19,20)21/h1-6,8H,7,9H2. The van der Waals surface area contributed by atoms with Crippen LogP contribution >= 0.6 is 11.3 Å². The highest BCUT2D eigenvalue weighted by atomic mass is 32.1. The van der Waals surface area contributed by atoms with E-state index in [1.165, 1.54) is 11.3 Å². The number of carbonyl (C=O) groups excluding carboxylic acids is 1. The summed E-state index contributed by atoms with van der Waals surface area (Å²) in [6, 6.07) is 4.67. The minimum atomic E-state index is -4.61. The highest BCUT2D eigenvalue weighted by Crippen LogP contribution is 2.29.